The van der Waals surface area contributed by atoms with Gasteiger partial charge in [0.15, 0.2) is 0 Å². The van der Waals surface area contributed by atoms with Gasteiger partial charge in [-0.1, -0.05) is 0 Å². The van der Waals surface area contributed by atoms with Crippen molar-refractivity contribution >= 4 is 11.8 Å². The molecule has 0 radical (unpaired) electrons. The third kappa shape index (κ3) is 4.99. The lowest BCUT2D eigenvalue weighted by molar-refractivity contribution is -0.137. The molecule has 4 rings (SSSR count). The molecule has 1 saturated heterocycles. The summed E-state index contributed by atoms with van der Waals surface area (Å²) < 4.78 is 0. The predicted octanol–water partition coefficient (Wildman–Crippen LogP) is 2.70. The van der Waals surface area contributed by atoms with Gasteiger partial charge in [-0.2, -0.15) is 0 Å². The van der Waals surface area contributed by atoms with E-state index in [4.69, 9.17) is 0 Å². The van der Waals surface area contributed by atoms with Crippen LogP contribution in [-0.2, 0) is 9.59 Å². The molecule has 148 valence electrons. The molecular weight excluding hydrogens is 326 g/mol. The van der Waals surface area contributed by atoms with E-state index >= 15 is 0 Å². The van der Waals surface area contributed by atoms with Crippen molar-refractivity contribution in [1.82, 2.24) is 15.5 Å². The van der Waals surface area contributed by atoms with E-state index in [-0.39, 0.29) is 16.9 Å². The van der Waals surface area contributed by atoms with Gasteiger partial charge in [0, 0.05) is 17.5 Å². The Morgan fingerprint density at radius 1 is 1.00 bits per heavy atom. The van der Waals surface area contributed by atoms with Gasteiger partial charge in [-0.3, -0.25) is 14.5 Å². The number of hydrogen-bond donors (Lipinski definition) is 2. The highest BCUT2D eigenvalue weighted by molar-refractivity contribution is 5.83. The fourth-order valence-electron chi connectivity index (χ4n) is 5.02. The predicted molar refractivity (Wildman–Crippen MR) is 104 cm³/mol. The van der Waals surface area contributed by atoms with Crippen LogP contribution in [-0.4, -0.2) is 48.4 Å². The Morgan fingerprint density at radius 2 is 1.58 bits per heavy atom. The van der Waals surface area contributed by atoms with Crippen molar-refractivity contribution < 1.29 is 9.59 Å². The van der Waals surface area contributed by atoms with Crippen LogP contribution in [0.4, 0.5) is 0 Å². The summed E-state index contributed by atoms with van der Waals surface area (Å²) in [4.78, 5) is 27.1. The number of likely N-dealkylation sites (tertiary alicyclic amines) is 1. The minimum atomic E-state index is -0.169. The lowest BCUT2D eigenvalue weighted by atomic mass is 9.60. The zero-order chi connectivity index (χ0) is 18.8. The lowest BCUT2D eigenvalue weighted by Crippen LogP contribution is -2.49. The first-order chi connectivity index (χ1) is 12.3. The minimum Gasteiger partial charge on any atom is -0.355 e. The van der Waals surface area contributed by atoms with Crippen LogP contribution in [0.1, 0.15) is 72.1 Å². The van der Waals surface area contributed by atoms with Crippen molar-refractivity contribution in [3.8, 4) is 0 Å². The number of nitrogens with one attached hydrogen (secondary N) is 2. The van der Waals surface area contributed by atoms with E-state index in [0.717, 1.165) is 57.7 Å². The Morgan fingerprint density at radius 3 is 2.12 bits per heavy atom. The zero-order valence-electron chi connectivity index (χ0n) is 16.9. The quantitative estimate of drug-likeness (QED) is 0.789. The topological polar surface area (TPSA) is 61.4 Å². The van der Waals surface area contributed by atoms with Crippen molar-refractivity contribution in [3.63, 3.8) is 0 Å². The van der Waals surface area contributed by atoms with Crippen LogP contribution in [0.2, 0.25) is 0 Å². The van der Waals surface area contributed by atoms with Gasteiger partial charge < -0.3 is 10.6 Å². The average Bonchev–Trinajstić information content (AvgIpc) is 2.61. The lowest BCUT2D eigenvalue weighted by Gasteiger charge is -2.45. The Balaban J connectivity index is 1.36. The highest BCUT2D eigenvalue weighted by atomic mass is 16.2. The van der Waals surface area contributed by atoms with Gasteiger partial charge in [-0.15, -0.1) is 0 Å². The SMILES string of the molecule is CC(C)(C)NC(=O)CN1CCC(CNC(=O)C23CCC(CC2)CC3)CC1. The first-order valence-electron chi connectivity index (χ1n) is 10.6. The van der Waals surface area contributed by atoms with Crippen LogP contribution < -0.4 is 10.6 Å². The number of piperidine rings is 1. The van der Waals surface area contributed by atoms with E-state index < -0.39 is 0 Å². The molecule has 0 aromatic rings. The van der Waals surface area contributed by atoms with Crippen molar-refractivity contribution in [2.45, 2.75) is 77.7 Å². The maximum absolute atomic E-state index is 12.8. The first kappa shape index (κ1) is 19.7. The van der Waals surface area contributed by atoms with E-state index in [1.54, 1.807) is 0 Å². The van der Waals surface area contributed by atoms with Gasteiger partial charge in [-0.05, 0) is 97.1 Å². The second kappa shape index (κ2) is 7.87. The van der Waals surface area contributed by atoms with Crippen molar-refractivity contribution in [1.29, 1.82) is 0 Å². The normalized spacial score (nSPS) is 30.2. The maximum Gasteiger partial charge on any atom is 0.234 e. The molecule has 5 nitrogen and oxygen atoms in total. The van der Waals surface area contributed by atoms with E-state index in [0.29, 0.717) is 18.4 Å². The third-order valence-corrected chi connectivity index (χ3v) is 6.72. The maximum atomic E-state index is 12.8. The second-order valence-corrected chi connectivity index (χ2v) is 9.99. The molecule has 3 aliphatic carbocycles. The van der Waals surface area contributed by atoms with Gasteiger partial charge in [0.25, 0.3) is 0 Å². The smallest absolute Gasteiger partial charge is 0.234 e. The molecule has 1 heterocycles. The van der Waals surface area contributed by atoms with E-state index in [9.17, 15) is 9.59 Å². The van der Waals surface area contributed by atoms with Crippen LogP contribution >= 0.6 is 0 Å². The molecule has 0 spiro atoms. The Hall–Kier alpha value is -1.10. The summed E-state index contributed by atoms with van der Waals surface area (Å²) >= 11 is 0. The van der Waals surface area contributed by atoms with Gasteiger partial charge in [0.2, 0.25) is 11.8 Å². The van der Waals surface area contributed by atoms with E-state index in [1.807, 2.05) is 20.8 Å². The van der Waals surface area contributed by atoms with Crippen molar-refractivity contribution in [2.24, 2.45) is 17.3 Å². The molecule has 2 amide bonds. The van der Waals surface area contributed by atoms with Crippen LogP contribution in [0, 0.1) is 17.3 Å². The number of nitrogens with zero attached hydrogens (tertiary/aromatic N) is 1. The van der Waals surface area contributed by atoms with Crippen molar-refractivity contribution in [3.05, 3.63) is 0 Å². The average molecular weight is 364 g/mol. The number of carbonyl (C=O) groups excluding carboxylic acids is 2. The Kier molecular flexibility index (Phi) is 5.95. The summed E-state index contributed by atoms with van der Waals surface area (Å²) in [6.45, 7) is 9.23. The molecule has 26 heavy (non-hydrogen) atoms. The number of fused-ring (bicyclic) bond motifs is 3. The van der Waals surface area contributed by atoms with E-state index in [1.165, 1.54) is 19.3 Å². The molecule has 1 aliphatic heterocycles. The molecule has 0 aromatic heterocycles. The Labute approximate surface area is 158 Å². The largest absolute Gasteiger partial charge is 0.355 e. The van der Waals surface area contributed by atoms with Gasteiger partial charge in [0.05, 0.1) is 6.54 Å². The van der Waals surface area contributed by atoms with Gasteiger partial charge in [0.1, 0.15) is 0 Å². The molecule has 5 heteroatoms. The fourth-order valence-corrected chi connectivity index (χ4v) is 5.02. The standard InChI is InChI=1S/C21H37N3O2/c1-20(2,3)23-18(25)15-24-12-7-17(8-13-24)14-22-19(26)21-9-4-16(5-10-21)6-11-21/h16-17H,4-15H2,1-3H3,(H,22,26)(H,23,25). The molecular formula is C21H37N3O2. The summed E-state index contributed by atoms with van der Waals surface area (Å²) in [6, 6.07) is 0. The van der Waals surface area contributed by atoms with Crippen LogP contribution in [0.3, 0.4) is 0 Å². The van der Waals surface area contributed by atoms with Crippen LogP contribution in [0.15, 0.2) is 0 Å². The summed E-state index contributed by atoms with van der Waals surface area (Å²) in [5.74, 6) is 1.88. The molecule has 4 fully saturated rings. The zero-order valence-corrected chi connectivity index (χ0v) is 16.9. The van der Waals surface area contributed by atoms with Crippen molar-refractivity contribution in [2.75, 3.05) is 26.2 Å². The third-order valence-electron chi connectivity index (χ3n) is 6.72. The molecule has 4 aliphatic rings. The second-order valence-electron chi connectivity index (χ2n) is 9.99. The Bertz CT molecular complexity index is 496. The molecule has 2 bridgehead atoms. The molecule has 0 aromatic carbocycles. The number of carbonyl (C=O) groups is 2. The number of rotatable bonds is 5. The summed E-state index contributed by atoms with van der Waals surface area (Å²) in [5, 5.41) is 6.32. The molecule has 0 atom stereocenters. The summed E-state index contributed by atoms with van der Waals surface area (Å²) in [6.07, 6.45) is 9.20. The van der Waals surface area contributed by atoms with Gasteiger partial charge >= 0.3 is 0 Å². The first-order valence-corrected chi connectivity index (χ1v) is 10.6. The molecule has 0 unspecified atom stereocenters. The van der Waals surface area contributed by atoms with Gasteiger partial charge in [-0.25, -0.2) is 0 Å². The summed E-state index contributed by atoms with van der Waals surface area (Å²) in [5.41, 5.74) is -0.210. The number of hydrogen-bond acceptors (Lipinski definition) is 3. The molecule has 2 N–H and O–H groups in total. The monoisotopic (exact) mass is 363 g/mol. The summed E-state index contributed by atoms with van der Waals surface area (Å²) in [7, 11) is 0. The van der Waals surface area contributed by atoms with Crippen LogP contribution in [0.5, 0.6) is 0 Å². The highest BCUT2D eigenvalue weighted by Crippen LogP contribution is 2.50. The number of amides is 2. The highest BCUT2D eigenvalue weighted by Gasteiger charge is 2.45. The van der Waals surface area contributed by atoms with Crippen LogP contribution in [0.25, 0.3) is 0 Å². The molecule has 3 saturated carbocycles. The minimum absolute atomic E-state index is 0.0412. The fraction of sp³-hybridized carbons (Fsp3) is 0.905. The van der Waals surface area contributed by atoms with E-state index in [2.05, 4.69) is 15.5 Å².